The van der Waals surface area contributed by atoms with E-state index < -0.39 is 12.1 Å². The first-order valence-corrected chi connectivity index (χ1v) is 9.89. The molecule has 184 valence electrons. The van der Waals surface area contributed by atoms with Gasteiger partial charge in [-0.05, 0) is 45.6 Å². The Morgan fingerprint density at radius 1 is 1.24 bits per heavy atom. The van der Waals surface area contributed by atoms with Gasteiger partial charge in [-0.15, -0.1) is 0 Å². The highest BCUT2D eigenvalue weighted by atomic mass is 19.4. The Labute approximate surface area is 189 Å². The number of hydrogen-bond donors (Lipinski definition) is 2. The van der Waals surface area contributed by atoms with Gasteiger partial charge in [-0.25, -0.2) is 4.79 Å². The molecular weight excluding hydrogens is 447 g/mol. The van der Waals surface area contributed by atoms with E-state index in [-0.39, 0.29) is 18.6 Å². The second-order valence-electron chi connectivity index (χ2n) is 7.18. The van der Waals surface area contributed by atoms with Gasteiger partial charge in [0.25, 0.3) is 5.91 Å². The fourth-order valence-electron chi connectivity index (χ4n) is 2.55. The number of aryl methyl sites for hydroxylation is 1. The zero-order valence-corrected chi connectivity index (χ0v) is 19.0. The number of benzene rings is 1. The quantitative estimate of drug-likeness (QED) is 0.569. The molecule has 0 bridgehead atoms. The number of rotatable bonds is 9. The molecule has 0 radical (unpaired) electrons. The number of alkyl halides is 3. The maximum absolute atomic E-state index is 12.4. The average molecular weight is 475 g/mol. The lowest BCUT2D eigenvalue weighted by Gasteiger charge is -2.20. The van der Waals surface area contributed by atoms with Crippen LogP contribution >= 0.6 is 0 Å². The third-order valence-electron chi connectivity index (χ3n) is 4.01. The van der Waals surface area contributed by atoms with Crippen molar-refractivity contribution in [3.8, 4) is 11.5 Å². The summed E-state index contributed by atoms with van der Waals surface area (Å²) in [5, 5.41) is 13.9. The van der Waals surface area contributed by atoms with Crippen molar-refractivity contribution < 1.29 is 41.9 Å². The maximum Gasteiger partial charge on any atom is 0.490 e. The summed E-state index contributed by atoms with van der Waals surface area (Å²) in [6.07, 6.45) is -4.33. The number of aliphatic carboxylic acids is 1. The number of hydrogen-bond acceptors (Lipinski definition) is 7. The van der Waals surface area contributed by atoms with Crippen LogP contribution in [0.15, 0.2) is 28.8 Å². The van der Waals surface area contributed by atoms with Crippen LogP contribution in [0.5, 0.6) is 11.5 Å². The minimum Gasteiger partial charge on any atom is -0.493 e. The summed E-state index contributed by atoms with van der Waals surface area (Å²) in [7, 11) is 5.54. The molecule has 12 heteroatoms. The number of halogens is 3. The van der Waals surface area contributed by atoms with Crippen molar-refractivity contribution in [1.82, 2.24) is 15.4 Å². The fraction of sp³-hybridized carbons (Fsp3) is 0.476. The standard InChI is InChI=1S/C19H27N3O4.C2HF3O2/c1-6-15-10-16(26-21-15)11-20-19(23)14-7-8-17(24-5)18(9-14)25-13(2)12-22(3)4;3-2(4,5)1(6)7/h7-10,13H,6,11-12H2,1-5H3,(H,20,23);(H,6,7). The molecule has 0 fully saturated rings. The minimum absolute atomic E-state index is 0.0427. The molecule has 1 aromatic carbocycles. The van der Waals surface area contributed by atoms with Crippen molar-refractivity contribution in [2.45, 2.75) is 39.1 Å². The zero-order chi connectivity index (χ0) is 25.2. The SMILES string of the molecule is CCc1cc(CNC(=O)c2ccc(OC)c(OC(C)CN(C)C)c2)on1.O=C(O)C(F)(F)F. The summed E-state index contributed by atoms with van der Waals surface area (Å²) in [6.45, 7) is 5.01. The molecule has 9 nitrogen and oxygen atoms in total. The lowest BCUT2D eigenvalue weighted by molar-refractivity contribution is -0.192. The summed E-state index contributed by atoms with van der Waals surface area (Å²) in [4.78, 5) is 23.4. The minimum atomic E-state index is -5.08. The van der Waals surface area contributed by atoms with E-state index in [0.717, 1.165) is 18.7 Å². The van der Waals surface area contributed by atoms with Gasteiger partial charge in [0.15, 0.2) is 17.3 Å². The number of ether oxygens (including phenoxy) is 2. The summed E-state index contributed by atoms with van der Waals surface area (Å²) in [6, 6.07) is 6.97. The highest BCUT2D eigenvalue weighted by Gasteiger charge is 2.38. The van der Waals surface area contributed by atoms with Gasteiger partial charge in [-0.3, -0.25) is 4.79 Å². The van der Waals surface area contributed by atoms with Gasteiger partial charge in [0.05, 0.1) is 19.3 Å². The third kappa shape index (κ3) is 9.81. The van der Waals surface area contributed by atoms with E-state index in [1.54, 1.807) is 25.3 Å². The van der Waals surface area contributed by atoms with Gasteiger partial charge >= 0.3 is 12.1 Å². The van der Waals surface area contributed by atoms with Crippen LogP contribution in [0, 0.1) is 0 Å². The zero-order valence-electron chi connectivity index (χ0n) is 19.0. The van der Waals surface area contributed by atoms with Crippen LogP contribution in [0.4, 0.5) is 13.2 Å². The van der Waals surface area contributed by atoms with E-state index >= 15 is 0 Å². The second-order valence-corrected chi connectivity index (χ2v) is 7.18. The van der Waals surface area contributed by atoms with E-state index in [4.69, 9.17) is 23.9 Å². The lowest BCUT2D eigenvalue weighted by atomic mass is 10.2. The number of amides is 1. The van der Waals surface area contributed by atoms with Crippen molar-refractivity contribution in [3.63, 3.8) is 0 Å². The molecule has 1 atom stereocenters. The molecule has 0 saturated heterocycles. The first-order valence-electron chi connectivity index (χ1n) is 9.89. The van der Waals surface area contributed by atoms with E-state index in [0.29, 0.717) is 22.8 Å². The number of aromatic nitrogens is 1. The molecule has 1 amide bonds. The number of nitrogens with zero attached hydrogens (tertiary/aromatic N) is 2. The molecule has 2 rings (SSSR count). The van der Waals surface area contributed by atoms with Gasteiger partial charge in [0.1, 0.15) is 6.10 Å². The van der Waals surface area contributed by atoms with Crippen LogP contribution < -0.4 is 14.8 Å². The molecule has 1 unspecified atom stereocenters. The molecule has 0 aliphatic carbocycles. The molecule has 2 N–H and O–H groups in total. The fourth-order valence-corrected chi connectivity index (χ4v) is 2.55. The van der Waals surface area contributed by atoms with E-state index in [1.807, 2.05) is 38.9 Å². The van der Waals surface area contributed by atoms with Crippen molar-refractivity contribution in [2.24, 2.45) is 0 Å². The smallest absolute Gasteiger partial charge is 0.490 e. The molecule has 0 aliphatic rings. The molecule has 0 spiro atoms. The van der Waals surface area contributed by atoms with Crippen LogP contribution in [0.2, 0.25) is 0 Å². The first kappa shape index (κ1) is 27.8. The molecule has 0 saturated carbocycles. The molecule has 2 aromatic rings. The largest absolute Gasteiger partial charge is 0.493 e. The number of carbonyl (C=O) groups excluding carboxylic acids is 1. The number of carboxylic acid groups (broad SMARTS) is 1. The van der Waals surface area contributed by atoms with Crippen molar-refractivity contribution in [1.29, 1.82) is 0 Å². The molecular formula is C21H28F3N3O6. The van der Waals surface area contributed by atoms with Crippen LogP contribution in [0.25, 0.3) is 0 Å². The van der Waals surface area contributed by atoms with Crippen molar-refractivity contribution in [2.75, 3.05) is 27.7 Å². The lowest BCUT2D eigenvalue weighted by Crippen LogP contribution is -2.28. The van der Waals surface area contributed by atoms with E-state index in [1.165, 1.54) is 0 Å². The number of nitrogens with one attached hydrogen (secondary N) is 1. The molecule has 1 aromatic heterocycles. The van der Waals surface area contributed by atoms with Crippen LogP contribution in [0.1, 0.15) is 35.7 Å². The van der Waals surface area contributed by atoms with Crippen LogP contribution in [0.3, 0.4) is 0 Å². The Bertz CT molecular complexity index is 915. The Morgan fingerprint density at radius 2 is 1.88 bits per heavy atom. The Kier molecular flexibility index (Phi) is 10.7. The summed E-state index contributed by atoms with van der Waals surface area (Å²) in [5.41, 5.74) is 1.36. The average Bonchev–Trinajstić information content (AvgIpc) is 3.19. The Hall–Kier alpha value is -3.28. The normalized spacial score (nSPS) is 11.9. The van der Waals surface area contributed by atoms with Gasteiger partial charge in [-0.1, -0.05) is 12.1 Å². The maximum atomic E-state index is 12.4. The van der Waals surface area contributed by atoms with Gasteiger partial charge in [0, 0.05) is 18.2 Å². The highest BCUT2D eigenvalue weighted by Crippen LogP contribution is 2.29. The van der Waals surface area contributed by atoms with Crippen molar-refractivity contribution >= 4 is 11.9 Å². The molecule has 0 aliphatic heterocycles. The number of carbonyl (C=O) groups is 2. The summed E-state index contributed by atoms with van der Waals surface area (Å²) in [5.74, 6) is -1.21. The van der Waals surface area contributed by atoms with Gasteiger partial charge in [0.2, 0.25) is 0 Å². The number of likely N-dealkylation sites (N-methyl/N-ethyl adjacent to an activating group) is 1. The topological polar surface area (TPSA) is 114 Å². The second kappa shape index (κ2) is 12.7. The van der Waals surface area contributed by atoms with Gasteiger partial charge < -0.3 is 29.3 Å². The molecule has 33 heavy (non-hydrogen) atoms. The summed E-state index contributed by atoms with van der Waals surface area (Å²) >= 11 is 0. The van der Waals surface area contributed by atoms with Crippen LogP contribution in [-0.2, 0) is 17.8 Å². The Balaban J connectivity index is 0.000000675. The predicted molar refractivity (Wildman–Crippen MR) is 112 cm³/mol. The van der Waals surface area contributed by atoms with E-state index in [2.05, 4.69) is 10.5 Å². The molecule has 1 heterocycles. The van der Waals surface area contributed by atoms with E-state index in [9.17, 15) is 18.0 Å². The number of carboxylic acids is 1. The summed E-state index contributed by atoms with van der Waals surface area (Å²) < 4.78 is 48.2. The monoisotopic (exact) mass is 475 g/mol. The van der Waals surface area contributed by atoms with Crippen LogP contribution in [-0.4, -0.2) is 67.1 Å². The predicted octanol–water partition coefficient (Wildman–Crippen LogP) is 3.14. The Morgan fingerprint density at radius 3 is 2.36 bits per heavy atom. The number of methoxy groups -OCH3 is 1. The van der Waals surface area contributed by atoms with Crippen molar-refractivity contribution in [3.05, 3.63) is 41.3 Å². The third-order valence-corrected chi connectivity index (χ3v) is 4.01. The highest BCUT2D eigenvalue weighted by molar-refractivity contribution is 5.94. The van der Waals surface area contributed by atoms with Gasteiger partial charge in [-0.2, -0.15) is 13.2 Å². The first-order chi connectivity index (χ1) is 15.4.